The summed E-state index contributed by atoms with van der Waals surface area (Å²) in [6.07, 6.45) is 1.96. The molecule has 0 saturated heterocycles. The highest BCUT2D eigenvalue weighted by atomic mass is 32.1. The minimum Gasteiger partial charge on any atom is -0.486 e. The summed E-state index contributed by atoms with van der Waals surface area (Å²) >= 11 is 1.55. The molecule has 4 rings (SSSR count). The Balaban J connectivity index is 1.53. The van der Waals surface area contributed by atoms with Crippen molar-refractivity contribution in [3.05, 3.63) is 71.4 Å². The minimum atomic E-state index is 0.456. The third-order valence-corrected chi connectivity index (χ3v) is 4.43. The van der Waals surface area contributed by atoms with Gasteiger partial charge in [-0.2, -0.15) is 5.10 Å². The number of para-hydroxylation sites is 1. The molecular weight excluding hydrogens is 306 g/mol. The first-order valence-electron chi connectivity index (χ1n) is 7.38. The topological polar surface area (TPSA) is 39.4 Å². The van der Waals surface area contributed by atoms with Crippen molar-refractivity contribution < 1.29 is 4.74 Å². The summed E-state index contributed by atoms with van der Waals surface area (Å²) in [6, 6.07) is 18.1. The van der Waals surface area contributed by atoms with E-state index in [1.54, 1.807) is 11.3 Å². The van der Waals surface area contributed by atoms with Gasteiger partial charge >= 0.3 is 0 Å². The predicted octanol–water partition coefficient (Wildman–Crippen LogP) is 4.35. The number of hydrogen-bond donors (Lipinski definition) is 0. The number of nitrogens with zero attached hydrogens (tertiary/aromatic N) is 3. The first-order valence-corrected chi connectivity index (χ1v) is 8.19. The van der Waals surface area contributed by atoms with Crippen molar-refractivity contribution in [1.29, 1.82) is 0 Å². The third-order valence-electron chi connectivity index (χ3n) is 3.54. The van der Waals surface area contributed by atoms with Gasteiger partial charge in [-0.1, -0.05) is 59.4 Å². The van der Waals surface area contributed by atoms with E-state index in [0.717, 1.165) is 27.0 Å². The summed E-state index contributed by atoms with van der Waals surface area (Å²) in [6.45, 7) is 2.54. The summed E-state index contributed by atoms with van der Waals surface area (Å²) in [5.41, 5.74) is 3.29. The van der Waals surface area contributed by atoms with Crippen molar-refractivity contribution in [2.75, 3.05) is 0 Å². The van der Waals surface area contributed by atoms with Crippen LogP contribution < -0.4 is 4.74 Å². The molecule has 0 atom stereocenters. The first kappa shape index (κ1) is 14.0. The Bertz CT molecular complexity index is 894. The summed E-state index contributed by atoms with van der Waals surface area (Å²) in [4.78, 5) is 5.53. The summed E-state index contributed by atoms with van der Waals surface area (Å²) in [5.74, 6) is 0.848. The Hall–Kier alpha value is -2.66. The third kappa shape index (κ3) is 2.96. The van der Waals surface area contributed by atoms with Crippen LogP contribution in [0.25, 0.3) is 16.2 Å². The first-order chi connectivity index (χ1) is 11.3. The molecule has 2 aromatic heterocycles. The number of rotatable bonds is 4. The Labute approximate surface area is 138 Å². The molecule has 0 spiro atoms. The van der Waals surface area contributed by atoms with E-state index in [-0.39, 0.29) is 0 Å². The zero-order valence-corrected chi connectivity index (χ0v) is 13.5. The maximum atomic E-state index is 5.73. The van der Waals surface area contributed by atoms with Crippen LogP contribution in [0.5, 0.6) is 5.75 Å². The maximum Gasteiger partial charge on any atom is 0.212 e. The summed E-state index contributed by atoms with van der Waals surface area (Å²) < 4.78 is 7.55. The van der Waals surface area contributed by atoms with Crippen molar-refractivity contribution in [2.24, 2.45) is 0 Å². The molecule has 0 radical (unpaired) electrons. The van der Waals surface area contributed by atoms with Gasteiger partial charge in [0.05, 0.1) is 11.9 Å². The molecule has 0 aliphatic carbocycles. The molecule has 0 fully saturated rings. The van der Waals surface area contributed by atoms with E-state index >= 15 is 0 Å². The van der Waals surface area contributed by atoms with E-state index in [9.17, 15) is 0 Å². The molecule has 0 bridgehead atoms. The number of hydrogen-bond acceptors (Lipinski definition) is 4. The quantitative estimate of drug-likeness (QED) is 0.561. The molecule has 114 valence electrons. The second-order valence-electron chi connectivity index (χ2n) is 5.32. The van der Waals surface area contributed by atoms with Crippen LogP contribution in [0.3, 0.4) is 0 Å². The Morgan fingerprint density at radius 2 is 1.83 bits per heavy atom. The van der Waals surface area contributed by atoms with Crippen molar-refractivity contribution >= 4 is 16.3 Å². The van der Waals surface area contributed by atoms with Gasteiger partial charge in [-0.05, 0) is 19.1 Å². The molecule has 0 unspecified atom stereocenters. The lowest BCUT2D eigenvalue weighted by Crippen LogP contribution is -1.95. The van der Waals surface area contributed by atoms with Crippen LogP contribution in [-0.2, 0) is 6.61 Å². The predicted molar refractivity (Wildman–Crippen MR) is 91.8 cm³/mol. The van der Waals surface area contributed by atoms with Gasteiger partial charge in [0.1, 0.15) is 12.4 Å². The van der Waals surface area contributed by atoms with Gasteiger partial charge in [0, 0.05) is 5.56 Å². The number of aryl methyl sites for hydroxylation is 1. The van der Waals surface area contributed by atoms with Crippen LogP contribution in [0.15, 0.2) is 60.8 Å². The van der Waals surface area contributed by atoms with E-state index in [1.807, 2.05) is 41.0 Å². The number of ether oxygens (including phenoxy) is 1. The van der Waals surface area contributed by atoms with Gasteiger partial charge in [0.15, 0.2) is 5.01 Å². The molecule has 0 amide bonds. The van der Waals surface area contributed by atoms with Crippen LogP contribution in [0, 0.1) is 6.92 Å². The highest BCUT2D eigenvalue weighted by molar-refractivity contribution is 7.16. The lowest BCUT2D eigenvalue weighted by Gasteiger charge is -2.02. The summed E-state index contributed by atoms with van der Waals surface area (Å²) in [5, 5.41) is 5.45. The fourth-order valence-electron chi connectivity index (χ4n) is 2.32. The van der Waals surface area contributed by atoms with Crippen LogP contribution in [0.2, 0.25) is 0 Å². The fourth-order valence-corrected chi connectivity index (χ4v) is 3.11. The van der Waals surface area contributed by atoms with Gasteiger partial charge < -0.3 is 4.74 Å². The largest absolute Gasteiger partial charge is 0.486 e. The number of imidazole rings is 1. The SMILES string of the molecule is Cc1ccc(-c2cn3nc(COc4ccccc4)sc3n2)cc1. The highest BCUT2D eigenvalue weighted by Crippen LogP contribution is 2.23. The molecule has 2 aromatic carbocycles. The zero-order valence-electron chi connectivity index (χ0n) is 12.6. The van der Waals surface area contributed by atoms with Crippen LogP contribution in [-0.4, -0.2) is 14.6 Å². The van der Waals surface area contributed by atoms with E-state index in [0.29, 0.717) is 6.61 Å². The molecule has 23 heavy (non-hydrogen) atoms. The molecule has 5 heteroatoms. The van der Waals surface area contributed by atoms with E-state index in [2.05, 4.69) is 41.3 Å². The lowest BCUT2D eigenvalue weighted by molar-refractivity contribution is 0.304. The highest BCUT2D eigenvalue weighted by Gasteiger charge is 2.10. The second kappa shape index (κ2) is 5.85. The molecule has 0 saturated carbocycles. The Morgan fingerprint density at radius 1 is 1.04 bits per heavy atom. The Morgan fingerprint density at radius 3 is 2.57 bits per heavy atom. The average Bonchev–Trinajstić information content (AvgIpc) is 3.13. The van der Waals surface area contributed by atoms with Crippen LogP contribution in [0.4, 0.5) is 0 Å². The average molecular weight is 321 g/mol. The summed E-state index contributed by atoms with van der Waals surface area (Å²) in [7, 11) is 0. The van der Waals surface area contributed by atoms with E-state index in [4.69, 9.17) is 4.74 Å². The van der Waals surface area contributed by atoms with Crippen LogP contribution in [0.1, 0.15) is 10.6 Å². The maximum absolute atomic E-state index is 5.73. The van der Waals surface area contributed by atoms with Crippen LogP contribution >= 0.6 is 11.3 Å². The number of benzene rings is 2. The Kier molecular flexibility index (Phi) is 3.55. The standard InChI is InChI=1S/C18H15N3OS/c1-13-7-9-14(10-8-13)16-11-21-18(19-16)23-17(20-21)12-22-15-5-3-2-4-6-15/h2-11H,12H2,1H3. The van der Waals surface area contributed by atoms with Gasteiger partial charge in [-0.25, -0.2) is 9.50 Å². The fraction of sp³-hybridized carbons (Fsp3) is 0.111. The normalized spacial score (nSPS) is 11.0. The number of fused-ring (bicyclic) bond motifs is 1. The smallest absolute Gasteiger partial charge is 0.212 e. The molecule has 0 aliphatic rings. The van der Waals surface area contributed by atoms with Crippen molar-refractivity contribution in [3.63, 3.8) is 0 Å². The van der Waals surface area contributed by atoms with Crippen molar-refractivity contribution in [1.82, 2.24) is 14.6 Å². The molecule has 4 nitrogen and oxygen atoms in total. The zero-order chi connectivity index (χ0) is 15.6. The van der Waals surface area contributed by atoms with Gasteiger partial charge in [0.2, 0.25) is 4.96 Å². The minimum absolute atomic E-state index is 0.456. The second-order valence-corrected chi connectivity index (χ2v) is 6.36. The van der Waals surface area contributed by atoms with Crippen molar-refractivity contribution in [3.8, 4) is 17.0 Å². The van der Waals surface area contributed by atoms with Crippen molar-refractivity contribution in [2.45, 2.75) is 13.5 Å². The molecule has 4 aromatic rings. The van der Waals surface area contributed by atoms with E-state index in [1.165, 1.54) is 5.56 Å². The van der Waals surface area contributed by atoms with Gasteiger partial charge in [-0.3, -0.25) is 0 Å². The number of aromatic nitrogens is 3. The molecule has 2 heterocycles. The molecule has 0 aliphatic heterocycles. The molecular formula is C18H15N3OS. The van der Waals surface area contributed by atoms with Gasteiger partial charge in [0.25, 0.3) is 0 Å². The monoisotopic (exact) mass is 321 g/mol. The molecule has 0 N–H and O–H groups in total. The lowest BCUT2D eigenvalue weighted by atomic mass is 10.1. The van der Waals surface area contributed by atoms with Gasteiger partial charge in [-0.15, -0.1) is 0 Å². The van der Waals surface area contributed by atoms with E-state index < -0.39 is 0 Å².